The fraction of sp³-hybridized carbons (Fsp3) is 0.529. The Bertz CT molecular complexity index is 805. The third kappa shape index (κ3) is 5.83. The summed E-state index contributed by atoms with van der Waals surface area (Å²) in [6, 6.07) is 4.60. The van der Waals surface area contributed by atoms with Crippen molar-refractivity contribution in [2.75, 3.05) is 26.4 Å². The summed E-state index contributed by atoms with van der Waals surface area (Å²) in [6.07, 6.45) is 2.19. The van der Waals surface area contributed by atoms with Crippen molar-refractivity contribution < 1.29 is 32.2 Å². The Morgan fingerprint density at radius 2 is 1.89 bits per heavy atom. The molecule has 1 amide bonds. The highest BCUT2D eigenvalue weighted by Crippen LogP contribution is 2.32. The van der Waals surface area contributed by atoms with Crippen molar-refractivity contribution in [2.45, 2.75) is 36.6 Å². The molecule has 10 heteroatoms. The highest BCUT2D eigenvalue weighted by Gasteiger charge is 2.23. The van der Waals surface area contributed by atoms with Crippen LogP contribution in [0.3, 0.4) is 0 Å². The quantitative estimate of drug-likeness (QED) is 0.454. The number of carbonyl (C=O) groups excluding carboxylic acids is 2. The molecule has 2 aliphatic rings. The average Bonchev–Trinajstić information content (AvgIpc) is 3.47. The minimum Gasteiger partial charge on any atom is -0.486 e. The topological polar surface area (TPSA) is 120 Å². The van der Waals surface area contributed by atoms with Crippen LogP contribution in [0.15, 0.2) is 23.1 Å². The van der Waals surface area contributed by atoms with Crippen LogP contribution in [0.25, 0.3) is 0 Å². The van der Waals surface area contributed by atoms with Crippen molar-refractivity contribution in [3.8, 4) is 11.5 Å². The zero-order valence-electron chi connectivity index (χ0n) is 14.7. The molecule has 3 rings (SSSR count). The van der Waals surface area contributed by atoms with Gasteiger partial charge < -0.3 is 19.5 Å². The predicted molar refractivity (Wildman–Crippen MR) is 94.0 cm³/mol. The number of esters is 1. The molecule has 1 aromatic rings. The number of fused-ring (bicyclic) bond motifs is 1. The van der Waals surface area contributed by atoms with Gasteiger partial charge in [0.15, 0.2) is 18.1 Å². The standard InChI is InChI=1S/C17H22N2O7S/c20-16(19-12-3-4-12)11-26-17(21)2-1-7-18-27(22,23)13-5-6-14-15(10-13)25-9-8-24-14/h5-6,10,12,18H,1-4,7-9,11H2,(H,19,20). The van der Waals surface area contributed by atoms with E-state index >= 15 is 0 Å². The Kier molecular flexibility index (Phi) is 6.17. The number of carbonyl (C=O) groups is 2. The van der Waals surface area contributed by atoms with E-state index in [9.17, 15) is 18.0 Å². The maximum absolute atomic E-state index is 12.3. The third-order valence-electron chi connectivity index (χ3n) is 3.98. The number of amides is 1. The van der Waals surface area contributed by atoms with Crippen LogP contribution in [0.4, 0.5) is 0 Å². The van der Waals surface area contributed by atoms with Crippen LogP contribution >= 0.6 is 0 Å². The summed E-state index contributed by atoms with van der Waals surface area (Å²) < 4.78 is 42.6. The van der Waals surface area contributed by atoms with Crippen LogP contribution in [0.5, 0.6) is 11.5 Å². The molecule has 0 radical (unpaired) electrons. The molecule has 27 heavy (non-hydrogen) atoms. The number of sulfonamides is 1. The molecule has 1 aliphatic heterocycles. The fourth-order valence-corrected chi connectivity index (χ4v) is 3.52. The summed E-state index contributed by atoms with van der Waals surface area (Å²) in [7, 11) is -3.73. The van der Waals surface area contributed by atoms with E-state index in [0.29, 0.717) is 24.7 Å². The lowest BCUT2D eigenvalue weighted by Gasteiger charge is -2.18. The van der Waals surface area contributed by atoms with Crippen molar-refractivity contribution in [3.63, 3.8) is 0 Å². The molecule has 0 spiro atoms. The summed E-state index contributed by atoms with van der Waals surface area (Å²) in [6.45, 7) is 0.554. The van der Waals surface area contributed by atoms with E-state index in [1.54, 1.807) is 6.07 Å². The summed E-state index contributed by atoms with van der Waals surface area (Å²) >= 11 is 0. The lowest BCUT2D eigenvalue weighted by atomic mass is 10.3. The molecular formula is C17H22N2O7S. The van der Waals surface area contributed by atoms with Gasteiger partial charge >= 0.3 is 5.97 Å². The van der Waals surface area contributed by atoms with Gasteiger partial charge in [0.25, 0.3) is 5.91 Å². The van der Waals surface area contributed by atoms with Crippen LogP contribution in [0.1, 0.15) is 25.7 Å². The summed E-state index contributed by atoms with van der Waals surface area (Å²) in [5.41, 5.74) is 0. The van der Waals surface area contributed by atoms with Gasteiger partial charge in [-0.1, -0.05) is 0 Å². The summed E-state index contributed by atoms with van der Waals surface area (Å²) in [5.74, 6) is 0.0375. The molecule has 1 heterocycles. The smallest absolute Gasteiger partial charge is 0.306 e. The molecule has 148 valence electrons. The molecule has 0 atom stereocenters. The fourth-order valence-electron chi connectivity index (χ4n) is 2.43. The van der Waals surface area contributed by atoms with Crippen LogP contribution in [0.2, 0.25) is 0 Å². The molecule has 1 saturated carbocycles. The van der Waals surface area contributed by atoms with Gasteiger partial charge in [0, 0.05) is 25.1 Å². The normalized spacial score (nSPS) is 15.9. The van der Waals surface area contributed by atoms with E-state index in [0.717, 1.165) is 12.8 Å². The van der Waals surface area contributed by atoms with Gasteiger partial charge in [-0.05, 0) is 31.4 Å². The molecule has 1 aliphatic carbocycles. The number of hydrogen-bond acceptors (Lipinski definition) is 7. The first-order chi connectivity index (χ1) is 12.9. The van der Waals surface area contributed by atoms with E-state index in [-0.39, 0.29) is 42.8 Å². The Morgan fingerprint density at radius 1 is 1.15 bits per heavy atom. The van der Waals surface area contributed by atoms with Crippen LogP contribution in [0, 0.1) is 0 Å². The molecule has 0 saturated heterocycles. The largest absolute Gasteiger partial charge is 0.486 e. The monoisotopic (exact) mass is 398 g/mol. The van der Waals surface area contributed by atoms with Crippen LogP contribution in [-0.2, 0) is 24.3 Å². The number of rotatable bonds is 9. The molecular weight excluding hydrogens is 376 g/mol. The van der Waals surface area contributed by atoms with E-state index in [2.05, 4.69) is 10.0 Å². The van der Waals surface area contributed by atoms with Gasteiger partial charge in [-0.25, -0.2) is 13.1 Å². The van der Waals surface area contributed by atoms with E-state index in [1.165, 1.54) is 12.1 Å². The molecule has 0 bridgehead atoms. The number of nitrogens with one attached hydrogen (secondary N) is 2. The predicted octanol–water partition coefficient (Wildman–Crippen LogP) is 0.338. The van der Waals surface area contributed by atoms with Gasteiger partial charge in [-0.3, -0.25) is 9.59 Å². The Labute approximate surface area is 157 Å². The van der Waals surface area contributed by atoms with Crippen molar-refractivity contribution in [2.24, 2.45) is 0 Å². The second-order valence-corrected chi connectivity index (χ2v) is 8.08. The van der Waals surface area contributed by atoms with Crippen molar-refractivity contribution in [3.05, 3.63) is 18.2 Å². The SMILES string of the molecule is O=C(COC(=O)CCCNS(=O)(=O)c1ccc2c(c1)OCCO2)NC1CC1. The minimum atomic E-state index is -3.73. The van der Waals surface area contributed by atoms with Crippen molar-refractivity contribution in [1.29, 1.82) is 0 Å². The highest BCUT2D eigenvalue weighted by molar-refractivity contribution is 7.89. The first kappa shape index (κ1) is 19.4. The number of benzene rings is 1. The van der Waals surface area contributed by atoms with E-state index < -0.39 is 16.0 Å². The summed E-state index contributed by atoms with van der Waals surface area (Å²) in [4.78, 5) is 23.1. The van der Waals surface area contributed by atoms with Crippen LogP contribution in [-0.4, -0.2) is 52.7 Å². The molecule has 1 aromatic carbocycles. The summed E-state index contributed by atoms with van der Waals surface area (Å²) in [5, 5.41) is 2.71. The highest BCUT2D eigenvalue weighted by atomic mass is 32.2. The Morgan fingerprint density at radius 3 is 2.63 bits per heavy atom. The first-order valence-corrected chi connectivity index (χ1v) is 10.3. The van der Waals surface area contributed by atoms with Gasteiger partial charge in [0.2, 0.25) is 10.0 Å². The van der Waals surface area contributed by atoms with Crippen LogP contribution < -0.4 is 19.5 Å². The minimum absolute atomic E-state index is 0.0143. The molecule has 2 N–H and O–H groups in total. The van der Waals surface area contributed by atoms with E-state index in [1.807, 2.05) is 0 Å². The number of ether oxygens (including phenoxy) is 3. The molecule has 0 unspecified atom stereocenters. The van der Waals surface area contributed by atoms with Gasteiger partial charge in [0.1, 0.15) is 13.2 Å². The Hall–Kier alpha value is -2.33. The van der Waals surface area contributed by atoms with Gasteiger partial charge in [0.05, 0.1) is 4.90 Å². The molecule has 1 fully saturated rings. The Balaban J connectivity index is 1.38. The molecule has 9 nitrogen and oxygen atoms in total. The van der Waals surface area contributed by atoms with Gasteiger partial charge in [-0.2, -0.15) is 0 Å². The van der Waals surface area contributed by atoms with E-state index in [4.69, 9.17) is 14.2 Å². The average molecular weight is 398 g/mol. The second-order valence-electron chi connectivity index (χ2n) is 6.31. The maximum Gasteiger partial charge on any atom is 0.306 e. The van der Waals surface area contributed by atoms with Crippen molar-refractivity contribution >= 4 is 21.9 Å². The molecule has 0 aromatic heterocycles. The lowest BCUT2D eigenvalue weighted by molar-refractivity contribution is -0.148. The zero-order chi connectivity index (χ0) is 19.3. The first-order valence-electron chi connectivity index (χ1n) is 8.78. The lowest BCUT2D eigenvalue weighted by Crippen LogP contribution is -2.30. The zero-order valence-corrected chi connectivity index (χ0v) is 15.5. The number of hydrogen-bond donors (Lipinski definition) is 2. The third-order valence-corrected chi connectivity index (χ3v) is 5.44. The maximum atomic E-state index is 12.3. The second kappa shape index (κ2) is 8.57. The van der Waals surface area contributed by atoms with Crippen molar-refractivity contribution in [1.82, 2.24) is 10.0 Å². The van der Waals surface area contributed by atoms with Gasteiger partial charge in [-0.15, -0.1) is 0 Å².